The van der Waals surface area contributed by atoms with Crippen molar-refractivity contribution in [2.24, 2.45) is 5.73 Å². The summed E-state index contributed by atoms with van der Waals surface area (Å²) in [5, 5.41) is 10.6. The van der Waals surface area contributed by atoms with Gasteiger partial charge in [0.05, 0.1) is 5.69 Å². The van der Waals surface area contributed by atoms with Crippen LogP contribution in [0.25, 0.3) is 5.69 Å². The first kappa shape index (κ1) is 14.8. The minimum absolute atomic E-state index is 0.355. The van der Waals surface area contributed by atoms with E-state index >= 15 is 0 Å². The molecule has 0 atom stereocenters. The van der Waals surface area contributed by atoms with Gasteiger partial charge in [-0.1, -0.05) is 0 Å². The van der Waals surface area contributed by atoms with Gasteiger partial charge >= 0.3 is 5.97 Å². The number of amides is 2. The Bertz CT molecular complexity index is 647. The first-order valence-corrected chi connectivity index (χ1v) is 6.87. The van der Waals surface area contributed by atoms with Crippen LogP contribution in [0, 0.1) is 0 Å². The van der Waals surface area contributed by atoms with Crippen molar-refractivity contribution in [3.05, 3.63) is 40.8 Å². The first-order valence-electron chi connectivity index (χ1n) is 5.99. The average molecular weight is 307 g/mol. The van der Waals surface area contributed by atoms with Gasteiger partial charge in [-0.2, -0.15) is 0 Å². The van der Waals surface area contributed by atoms with Crippen molar-refractivity contribution < 1.29 is 19.5 Å². The monoisotopic (exact) mass is 307 g/mol. The Morgan fingerprint density at radius 3 is 2.48 bits per heavy atom. The molecule has 0 aliphatic rings. The Morgan fingerprint density at radius 1 is 1.24 bits per heavy atom. The van der Waals surface area contributed by atoms with E-state index < -0.39 is 30.9 Å². The second-order valence-corrected chi connectivity index (χ2v) is 5.16. The molecule has 0 bridgehead atoms. The van der Waals surface area contributed by atoms with Gasteiger partial charge in [0, 0.05) is 12.4 Å². The largest absolute Gasteiger partial charge is 0.480 e. The second kappa shape index (κ2) is 6.23. The molecule has 110 valence electrons. The van der Waals surface area contributed by atoms with E-state index in [2.05, 4.69) is 0 Å². The quantitative estimate of drug-likeness (QED) is 0.813. The van der Waals surface area contributed by atoms with Crippen molar-refractivity contribution in [2.75, 3.05) is 13.1 Å². The number of nitrogens with zero attached hydrogens (tertiary/aromatic N) is 2. The van der Waals surface area contributed by atoms with Gasteiger partial charge in [0.25, 0.3) is 5.91 Å². The van der Waals surface area contributed by atoms with Gasteiger partial charge in [-0.15, -0.1) is 11.3 Å². The van der Waals surface area contributed by atoms with Crippen molar-refractivity contribution in [2.45, 2.75) is 0 Å². The van der Waals surface area contributed by atoms with Crippen molar-refractivity contribution in [1.29, 1.82) is 0 Å². The average Bonchev–Trinajstić information content (AvgIpc) is 3.06. The number of aliphatic carboxylic acids is 1. The van der Waals surface area contributed by atoms with Crippen molar-refractivity contribution in [1.82, 2.24) is 9.47 Å². The van der Waals surface area contributed by atoms with Crippen LogP contribution < -0.4 is 5.73 Å². The maximum atomic E-state index is 12.4. The summed E-state index contributed by atoms with van der Waals surface area (Å²) in [6, 6.07) is 5.37. The van der Waals surface area contributed by atoms with Crippen LogP contribution in [0.4, 0.5) is 0 Å². The lowest BCUT2D eigenvalue weighted by atomic mass is 10.3. The number of thiophene rings is 1. The number of primary amides is 1. The van der Waals surface area contributed by atoms with Crippen LogP contribution in [0.1, 0.15) is 9.67 Å². The molecule has 0 aliphatic carbocycles. The van der Waals surface area contributed by atoms with Crippen LogP contribution in [0.3, 0.4) is 0 Å². The fourth-order valence-corrected chi connectivity index (χ4v) is 2.71. The molecule has 0 fully saturated rings. The van der Waals surface area contributed by atoms with Crippen molar-refractivity contribution in [3.8, 4) is 5.69 Å². The Balaban J connectivity index is 2.31. The normalized spacial score (nSPS) is 10.3. The van der Waals surface area contributed by atoms with E-state index in [1.165, 1.54) is 11.3 Å². The van der Waals surface area contributed by atoms with Crippen molar-refractivity contribution in [3.63, 3.8) is 0 Å². The van der Waals surface area contributed by atoms with Gasteiger partial charge < -0.3 is 20.3 Å². The number of aromatic nitrogens is 1. The SMILES string of the molecule is NC(=O)CN(CC(=O)O)C(=O)c1sccc1-n1cccc1. The summed E-state index contributed by atoms with van der Waals surface area (Å²) < 4.78 is 1.74. The van der Waals surface area contributed by atoms with E-state index in [4.69, 9.17) is 10.8 Å². The number of hydrogen-bond donors (Lipinski definition) is 2. The Kier molecular flexibility index (Phi) is 4.39. The molecular weight excluding hydrogens is 294 g/mol. The molecule has 0 spiro atoms. The van der Waals surface area contributed by atoms with Gasteiger partial charge in [0.1, 0.15) is 18.0 Å². The topological polar surface area (TPSA) is 106 Å². The molecule has 0 radical (unpaired) electrons. The van der Waals surface area contributed by atoms with Gasteiger partial charge in [-0.25, -0.2) is 0 Å². The lowest BCUT2D eigenvalue weighted by Crippen LogP contribution is -2.41. The predicted molar refractivity (Wildman–Crippen MR) is 76.4 cm³/mol. The molecule has 2 aromatic rings. The molecule has 3 N–H and O–H groups in total. The highest BCUT2D eigenvalue weighted by atomic mass is 32.1. The summed E-state index contributed by atoms with van der Waals surface area (Å²) in [4.78, 5) is 35.6. The summed E-state index contributed by atoms with van der Waals surface area (Å²) in [5.41, 5.74) is 5.70. The van der Waals surface area contributed by atoms with E-state index in [-0.39, 0.29) is 0 Å². The molecule has 8 heteroatoms. The fraction of sp³-hybridized carbons (Fsp3) is 0.154. The summed E-state index contributed by atoms with van der Waals surface area (Å²) >= 11 is 1.18. The summed E-state index contributed by atoms with van der Waals surface area (Å²) in [6.07, 6.45) is 3.54. The summed E-state index contributed by atoms with van der Waals surface area (Å²) in [7, 11) is 0. The van der Waals surface area contributed by atoms with Crippen LogP contribution in [0.5, 0.6) is 0 Å². The number of carboxylic acids is 1. The van der Waals surface area contributed by atoms with E-state index in [0.29, 0.717) is 10.6 Å². The maximum absolute atomic E-state index is 12.4. The summed E-state index contributed by atoms with van der Waals surface area (Å²) in [5.74, 6) is -2.50. The molecule has 2 heterocycles. The highest BCUT2D eigenvalue weighted by molar-refractivity contribution is 7.12. The molecule has 0 unspecified atom stereocenters. The minimum atomic E-state index is -1.20. The van der Waals surface area contributed by atoms with Crippen molar-refractivity contribution >= 4 is 29.1 Å². The molecule has 7 nitrogen and oxygen atoms in total. The zero-order chi connectivity index (χ0) is 15.4. The van der Waals surface area contributed by atoms with Crippen LogP contribution in [-0.4, -0.2) is 45.4 Å². The van der Waals surface area contributed by atoms with E-state index in [1.807, 2.05) is 12.1 Å². The third-order valence-electron chi connectivity index (χ3n) is 2.68. The Hall–Kier alpha value is -2.61. The first-order chi connectivity index (χ1) is 9.99. The highest BCUT2D eigenvalue weighted by Crippen LogP contribution is 2.23. The number of rotatable bonds is 6. The fourth-order valence-electron chi connectivity index (χ4n) is 1.86. The van der Waals surface area contributed by atoms with Gasteiger partial charge in [-0.3, -0.25) is 14.4 Å². The van der Waals surface area contributed by atoms with Crippen LogP contribution >= 0.6 is 11.3 Å². The van der Waals surface area contributed by atoms with Crippen LogP contribution in [0.15, 0.2) is 36.0 Å². The molecule has 2 aromatic heterocycles. The predicted octanol–water partition coefficient (Wildman–Crippen LogP) is 0.551. The number of carbonyl (C=O) groups excluding carboxylic acids is 2. The number of hydrogen-bond acceptors (Lipinski definition) is 4. The van der Waals surface area contributed by atoms with E-state index in [9.17, 15) is 14.4 Å². The molecule has 21 heavy (non-hydrogen) atoms. The Labute approximate surface area is 124 Å². The van der Waals surface area contributed by atoms with Crippen LogP contribution in [0.2, 0.25) is 0 Å². The number of carboxylic acid groups (broad SMARTS) is 1. The standard InChI is InChI=1S/C13H13N3O4S/c14-10(17)7-16(8-11(18)19)13(20)12-9(3-6-21-12)15-4-1-2-5-15/h1-6H,7-8H2,(H2,14,17)(H,18,19). The number of carbonyl (C=O) groups is 3. The minimum Gasteiger partial charge on any atom is -0.480 e. The molecule has 0 saturated carbocycles. The molecule has 2 rings (SSSR count). The van der Waals surface area contributed by atoms with E-state index in [0.717, 1.165) is 4.90 Å². The van der Waals surface area contributed by atoms with Gasteiger partial charge in [-0.05, 0) is 23.6 Å². The lowest BCUT2D eigenvalue weighted by Gasteiger charge is -2.19. The molecule has 2 amide bonds. The van der Waals surface area contributed by atoms with Gasteiger partial charge in [0.15, 0.2) is 0 Å². The number of nitrogens with two attached hydrogens (primary N) is 1. The highest BCUT2D eigenvalue weighted by Gasteiger charge is 2.24. The third-order valence-corrected chi connectivity index (χ3v) is 3.57. The summed E-state index contributed by atoms with van der Waals surface area (Å²) in [6.45, 7) is -1.01. The lowest BCUT2D eigenvalue weighted by molar-refractivity contribution is -0.138. The third kappa shape index (κ3) is 3.48. The molecule has 0 aliphatic heterocycles. The Morgan fingerprint density at radius 2 is 1.90 bits per heavy atom. The second-order valence-electron chi connectivity index (χ2n) is 4.25. The smallest absolute Gasteiger partial charge is 0.323 e. The molecular formula is C13H13N3O4S. The van der Waals surface area contributed by atoms with Crippen LogP contribution in [-0.2, 0) is 9.59 Å². The maximum Gasteiger partial charge on any atom is 0.323 e. The molecule has 0 aromatic carbocycles. The molecule has 0 saturated heterocycles. The van der Waals surface area contributed by atoms with Gasteiger partial charge in [0.2, 0.25) is 5.91 Å². The zero-order valence-corrected chi connectivity index (χ0v) is 11.7. The zero-order valence-electron chi connectivity index (χ0n) is 10.9. The van der Waals surface area contributed by atoms with E-state index in [1.54, 1.807) is 28.4 Å².